The van der Waals surface area contributed by atoms with Gasteiger partial charge in [0.1, 0.15) is 0 Å². The van der Waals surface area contributed by atoms with E-state index in [9.17, 15) is 5.26 Å². The van der Waals surface area contributed by atoms with Gasteiger partial charge in [-0.15, -0.1) is 0 Å². The fourth-order valence-corrected chi connectivity index (χ4v) is 4.52. The first kappa shape index (κ1) is 25.5. The van der Waals surface area contributed by atoms with Gasteiger partial charge in [0.15, 0.2) is 0 Å². The van der Waals surface area contributed by atoms with Crippen LogP contribution in [0, 0.1) is 17.2 Å². The number of anilines is 1. The standard InChI is InChI=1S/C33H34N2/c1-8-12-26-16-18-30-31(19-17-27-15-14-25(7)32(26)33(27)30)35(28(11-4)21-24(6)22-34)29(13-9-2)20-23(5)10-3/h8-21,24,29H,3-4,7H2,1-2,5-6H3/b12-8-,13-9?,23-20-,28-21+. The highest BCUT2D eigenvalue weighted by Gasteiger charge is 2.22. The third-order valence-electron chi connectivity index (χ3n) is 6.17. The van der Waals surface area contributed by atoms with E-state index in [4.69, 9.17) is 0 Å². The van der Waals surface area contributed by atoms with E-state index in [1.807, 2.05) is 45.9 Å². The van der Waals surface area contributed by atoms with Crippen molar-refractivity contribution in [2.75, 3.05) is 4.90 Å². The second-order valence-corrected chi connectivity index (χ2v) is 8.70. The van der Waals surface area contributed by atoms with Crippen LogP contribution < -0.4 is 10.1 Å². The zero-order valence-corrected chi connectivity index (χ0v) is 21.3. The highest BCUT2D eigenvalue weighted by Crippen LogP contribution is 2.38. The molecule has 35 heavy (non-hydrogen) atoms. The molecular formula is C33H34N2. The van der Waals surface area contributed by atoms with Crippen molar-refractivity contribution in [2.24, 2.45) is 5.92 Å². The summed E-state index contributed by atoms with van der Waals surface area (Å²) >= 11 is 0. The molecule has 0 N–H and O–H groups in total. The lowest BCUT2D eigenvalue weighted by molar-refractivity contribution is 0.869. The molecule has 0 aliphatic rings. The summed E-state index contributed by atoms with van der Waals surface area (Å²) in [7, 11) is 0. The molecule has 2 nitrogen and oxygen atoms in total. The number of allylic oxidation sites excluding steroid dienone is 6. The Bertz CT molecular complexity index is 1460. The van der Waals surface area contributed by atoms with E-state index < -0.39 is 0 Å². The summed E-state index contributed by atoms with van der Waals surface area (Å²) in [6.45, 7) is 20.4. The van der Waals surface area contributed by atoms with E-state index in [0.717, 1.165) is 38.5 Å². The summed E-state index contributed by atoms with van der Waals surface area (Å²) in [5.41, 5.74) is 4.16. The zero-order valence-electron chi connectivity index (χ0n) is 21.3. The van der Waals surface area contributed by atoms with Gasteiger partial charge in [-0.2, -0.15) is 5.26 Å². The van der Waals surface area contributed by atoms with Crippen molar-refractivity contribution in [3.8, 4) is 6.07 Å². The number of rotatable bonds is 9. The van der Waals surface area contributed by atoms with E-state index in [2.05, 4.69) is 97.5 Å². The number of hydrogen-bond acceptors (Lipinski definition) is 2. The number of nitriles is 1. The number of nitrogens with zero attached hydrogens (tertiary/aromatic N) is 2. The maximum Gasteiger partial charge on any atom is 0.0711 e. The SMILES string of the molecule is C=C/C(C)=C\C(C=CC)N(/C(C=C)=C/C(C)C#N)c1ccc2ccc(=C)c3c(/C=C\C)ccc1c23. The van der Waals surface area contributed by atoms with Crippen molar-refractivity contribution >= 4 is 39.9 Å². The Kier molecular flexibility index (Phi) is 8.29. The molecule has 0 saturated heterocycles. The molecule has 3 aromatic rings. The largest absolute Gasteiger partial charge is 0.331 e. The lowest BCUT2D eigenvalue weighted by atomic mass is 9.93. The van der Waals surface area contributed by atoms with Crippen LogP contribution >= 0.6 is 0 Å². The molecule has 0 aliphatic carbocycles. The summed E-state index contributed by atoms with van der Waals surface area (Å²) in [4.78, 5) is 2.26. The van der Waals surface area contributed by atoms with Crippen LogP contribution in [0.15, 0.2) is 103 Å². The summed E-state index contributed by atoms with van der Waals surface area (Å²) in [5.74, 6) is -0.259. The van der Waals surface area contributed by atoms with Gasteiger partial charge < -0.3 is 4.90 Å². The van der Waals surface area contributed by atoms with Gasteiger partial charge in [0, 0.05) is 16.8 Å². The summed E-state index contributed by atoms with van der Waals surface area (Å²) in [5, 5.41) is 15.2. The van der Waals surface area contributed by atoms with Crippen LogP contribution in [0.25, 0.3) is 34.2 Å². The second-order valence-electron chi connectivity index (χ2n) is 8.70. The maximum atomic E-state index is 9.54. The fraction of sp³-hybridized carbons (Fsp3) is 0.182. The highest BCUT2D eigenvalue weighted by molar-refractivity contribution is 6.17. The van der Waals surface area contributed by atoms with Crippen molar-refractivity contribution in [3.63, 3.8) is 0 Å². The molecule has 0 bridgehead atoms. The molecule has 2 unspecified atom stereocenters. The Hall–Kier alpha value is -4.09. The molecule has 2 atom stereocenters. The summed E-state index contributed by atoms with van der Waals surface area (Å²) in [6.07, 6.45) is 16.3. The molecule has 0 radical (unpaired) electrons. The quantitative estimate of drug-likeness (QED) is 0.238. The van der Waals surface area contributed by atoms with Gasteiger partial charge in [-0.25, -0.2) is 0 Å². The van der Waals surface area contributed by atoms with Gasteiger partial charge in [0.05, 0.1) is 18.0 Å². The van der Waals surface area contributed by atoms with Crippen LogP contribution in [-0.2, 0) is 0 Å². The van der Waals surface area contributed by atoms with Crippen molar-refractivity contribution in [3.05, 3.63) is 114 Å². The number of benzene rings is 3. The molecule has 0 saturated carbocycles. The Labute approximate surface area is 209 Å². The van der Waals surface area contributed by atoms with Crippen LogP contribution in [0.4, 0.5) is 5.69 Å². The average Bonchev–Trinajstić information content (AvgIpc) is 2.86. The molecule has 3 rings (SSSR count). The van der Waals surface area contributed by atoms with Gasteiger partial charge in [0.25, 0.3) is 0 Å². The van der Waals surface area contributed by atoms with Crippen LogP contribution in [0.3, 0.4) is 0 Å². The zero-order chi connectivity index (χ0) is 25.5. The predicted molar refractivity (Wildman–Crippen MR) is 155 cm³/mol. The molecule has 2 heteroatoms. The first-order valence-electron chi connectivity index (χ1n) is 12.0. The first-order chi connectivity index (χ1) is 16.9. The second kappa shape index (κ2) is 11.4. The Morgan fingerprint density at radius 2 is 1.71 bits per heavy atom. The first-order valence-corrected chi connectivity index (χ1v) is 12.0. The molecule has 0 heterocycles. The van der Waals surface area contributed by atoms with Gasteiger partial charge >= 0.3 is 0 Å². The minimum atomic E-state index is -0.259. The molecule has 0 amide bonds. The van der Waals surface area contributed by atoms with E-state index >= 15 is 0 Å². The minimum absolute atomic E-state index is 0.0949. The van der Waals surface area contributed by atoms with E-state index in [-0.39, 0.29) is 12.0 Å². The van der Waals surface area contributed by atoms with Crippen LogP contribution in [0.1, 0.15) is 33.3 Å². The smallest absolute Gasteiger partial charge is 0.0711 e. The normalized spacial score (nSPS) is 14.5. The van der Waals surface area contributed by atoms with Crippen molar-refractivity contribution in [2.45, 2.75) is 33.7 Å². The maximum absolute atomic E-state index is 9.54. The van der Waals surface area contributed by atoms with Gasteiger partial charge in [-0.05, 0) is 72.9 Å². The van der Waals surface area contributed by atoms with Gasteiger partial charge in [-0.1, -0.05) is 92.1 Å². The van der Waals surface area contributed by atoms with Crippen LogP contribution in [-0.4, -0.2) is 6.04 Å². The van der Waals surface area contributed by atoms with Gasteiger partial charge in [0.2, 0.25) is 0 Å². The Morgan fingerprint density at radius 1 is 0.971 bits per heavy atom. The number of hydrogen-bond donors (Lipinski definition) is 0. The molecular weight excluding hydrogens is 424 g/mol. The van der Waals surface area contributed by atoms with Crippen molar-refractivity contribution in [1.82, 2.24) is 0 Å². The van der Waals surface area contributed by atoms with E-state index in [1.54, 1.807) is 0 Å². The molecule has 0 aromatic heterocycles. The van der Waals surface area contributed by atoms with E-state index in [1.165, 1.54) is 10.8 Å². The third kappa shape index (κ3) is 5.20. The van der Waals surface area contributed by atoms with Crippen molar-refractivity contribution < 1.29 is 0 Å². The highest BCUT2D eigenvalue weighted by atomic mass is 15.2. The summed E-state index contributed by atoms with van der Waals surface area (Å²) < 4.78 is 0. The lowest BCUT2D eigenvalue weighted by Crippen LogP contribution is -2.32. The van der Waals surface area contributed by atoms with Crippen molar-refractivity contribution in [1.29, 1.82) is 5.26 Å². The Morgan fingerprint density at radius 3 is 2.34 bits per heavy atom. The minimum Gasteiger partial charge on any atom is -0.331 e. The topological polar surface area (TPSA) is 27.0 Å². The molecule has 3 aromatic carbocycles. The van der Waals surface area contributed by atoms with E-state index in [0.29, 0.717) is 0 Å². The molecule has 0 aliphatic heterocycles. The van der Waals surface area contributed by atoms with Gasteiger partial charge in [-0.3, -0.25) is 0 Å². The third-order valence-corrected chi connectivity index (χ3v) is 6.17. The van der Waals surface area contributed by atoms with Crippen LogP contribution in [0.2, 0.25) is 0 Å². The molecule has 176 valence electrons. The average molecular weight is 459 g/mol. The lowest BCUT2D eigenvalue weighted by Gasteiger charge is -2.33. The predicted octanol–water partition coefficient (Wildman–Crippen LogP) is 8.27. The molecule has 0 spiro atoms. The molecule has 0 fully saturated rings. The Balaban J connectivity index is 2.48. The summed E-state index contributed by atoms with van der Waals surface area (Å²) in [6, 6.07) is 15.2. The van der Waals surface area contributed by atoms with Crippen LogP contribution in [0.5, 0.6) is 0 Å². The fourth-order valence-electron chi connectivity index (χ4n) is 4.52. The monoisotopic (exact) mass is 458 g/mol.